The molecule has 0 aromatic heterocycles. The Balaban J connectivity index is 5.42. The molecule has 22 heavy (non-hydrogen) atoms. The molecule has 0 radical (unpaired) electrons. The van der Waals surface area contributed by atoms with Crippen LogP contribution in [-0.4, -0.2) is 52.1 Å². The van der Waals surface area contributed by atoms with E-state index in [1.165, 1.54) is 28.4 Å². The Kier molecular flexibility index (Phi) is 8.76. The zero-order valence-electron chi connectivity index (χ0n) is 14.0. The molecule has 0 aliphatic rings. The smallest absolute Gasteiger partial charge is 0.268 e. The molecule has 0 aliphatic carbocycles. The van der Waals surface area contributed by atoms with Crippen molar-refractivity contribution in [3.05, 3.63) is 0 Å². The molecular formula is C14H24N4O4. The summed E-state index contributed by atoms with van der Waals surface area (Å²) < 4.78 is 20.6. The molecule has 4 unspecified atom stereocenters. The van der Waals surface area contributed by atoms with E-state index in [1.807, 2.05) is 12.1 Å². The third kappa shape index (κ3) is 5.66. The molecule has 0 aromatic carbocycles. The van der Waals surface area contributed by atoms with Crippen molar-refractivity contribution in [2.45, 2.75) is 50.3 Å². The van der Waals surface area contributed by atoms with Crippen LogP contribution in [0.15, 0.2) is 10.2 Å². The summed E-state index contributed by atoms with van der Waals surface area (Å²) in [7, 11) is 5.75. The summed E-state index contributed by atoms with van der Waals surface area (Å²) in [5.74, 6) is 0. The number of nitrogens with zero attached hydrogens (tertiary/aromatic N) is 4. The van der Waals surface area contributed by atoms with Gasteiger partial charge in [0.05, 0.1) is 12.2 Å². The van der Waals surface area contributed by atoms with Gasteiger partial charge in [0.15, 0.2) is 0 Å². The summed E-state index contributed by atoms with van der Waals surface area (Å²) in [6.45, 7) is 3.56. The molecule has 0 saturated carbocycles. The predicted molar refractivity (Wildman–Crippen MR) is 77.7 cm³/mol. The Labute approximate surface area is 131 Å². The molecular weight excluding hydrogens is 288 g/mol. The Morgan fingerprint density at radius 1 is 0.818 bits per heavy atom. The second kappa shape index (κ2) is 9.44. The van der Waals surface area contributed by atoms with Crippen LogP contribution >= 0.6 is 0 Å². The van der Waals surface area contributed by atoms with Crippen molar-refractivity contribution < 1.29 is 18.9 Å². The standard InChI is InChI=1S/C14H24N4O4/c1-11(19-3)7-13(9-15,21-5)17-18-14(10-16,22-6)8-12(2)20-4/h11-12H,7-8H2,1-6H3. The maximum absolute atomic E-state index is 9.36. The van der Waals surface area contributed by atoms with E-state index < -0.39 is 11.4 Å². The zero-order valence-corrected chi connectivity index (χ0v) is 14.0. The van der Waals surface area contributed by atoms with E-state index in [1.54, 1.807) is 13.8 Å². The molecule has 0 aliphatic heterocycles. The highest BCUT2D eigenvalue weighted by molar-refractivity contribution is 5.04. The van der Waals surface area contributed by atoms with Crippen molar-refractivity contribution in [1.82, 2.24) is 0 Å². The molecule has 0 amide bonds. The van der Waals surface area contributed by atoms with E-state index in [0.717, 1.165) is 0 Å². The summed E-state index contributed by atoms with van der Waals surface area (Å²) in [6, 6.07) is 3.92. The monoisotopic (exact) mass is 312 g/mol. The maximum atomic E-state index is 9.36. The fourth-order valence-electron chi connectivity index (χ4n) is 1.66. The van der Waals surface area contributed by atoms with Crippen molar-refractivity contribution in [2.75, 3.05) is 28.4 Å². The Morgan fingerprint density at radius 2 is 1.14 bits per heavy atom. The fraction of sp³-hybridized carbons (Fsp3) is 0.857. The van der Waals surface area contributed by atoms with Crippen LogP contribution in [0.4, 0.5) is 0 Å². The molecule has 0 saturated heterocycles. The molecule has 0 spiro atoms. The predicted octanol–water partition coefficient (Wildman–Crippen LogP) is 2.02. The van der Waals surface area contributed by atoms with Crippen molar-refractivity contribution in [3.63, 3.8) is 0 Å². The van der Waals surface area contributed by atoms with E-state index >= 15 is 0 Å². The van der Waals surface area contributed by atoms with Gasteiger partial charge in [0, 0.05) is 41.3 Å². The van der Waals surface area contributed by atoms with Crippen molar-refractivity contribution in [3.8, 4) is 12.1 Å². The number of methoxy groups -OCH3 is 4. The minimum absolute atomic E-state index is 0.172. The molecule has 0 bridgehead atoms. The van der Waals surface area contributed by atoms with Crippen LogP contribution in [0, 0.1) is 22.7 Å². The number of ether oxygens (including phenoxy) is 4. The summed E-state index contributed by atoms with van der Waals surface area (Å²) in [5.41, 5.74) is -3.07. The van der Waals surface area contributed by atoms with E-state index in [0.29, 0.717) is 0 Å². The minimum atomic E-state index is -1.54. The molecule has 0 rings (SSSR count). The van der Waals surface area contributed by atoms with Gasteiger partial charge in [0.2, 0.25) is 0 Å². The van der Waals surface area contributed by atoms with Crippen molar-refractivity contribution in [2.24, 2.45) is 10.2 Å². The van der Waals surface area contributed by atoms with Crippen LogP contribution in [-0.2, 0) is 18.9 Å². The molecule has 0 fully saturated rings. The number of hydrogen-bond donors (Lipinski definition) is 0. The van der Waals surface area contributed by atoms with Gasteiger partial charge in [-0.3, -0.25) is 0 Å². The van der Waals surface area contributed by atoms with Gasteiger partial charge in [-0.25, -0.2) is 0 Å². The highest BCUT2D eigenvalue weighted by Gasteiger charge is 2.37. The van der Waals surface area contributed by atoms with Crippen LogP contribution in [0.25, 0.3) is 0 Å². The molecule has 124 valence electrons. The minimum Gasteiger partial charge on any atom is -0.382 e. The van der Waals surface area contributed by atoms with Gasteiger partial charge in [-0.05, 0) is 13.8 Å². The quantitative estimate of drug-likeness (QED) is 0.571. The first-order valence-corrected chi connectivity index (χ1v) is 6.79. The molecule has 0 aromatic rings. The topological polar surface area (TPSA) is 109 Å². The molecule has 8 nitrogen and oxygen atoms in total. The second-order valence-electron chi connectivity index (χ2n) is 4.90. The third-order valence-electron chi connectivity index (χ3n) is 3.33. The van der Waals surface area contributed by atoms with Crippen LogP contribution in [0.2, 0.25) is 0 Å². The summed E-state index contributed by atoms with van der Waals surface area (Å²) in [5, 5.41) is 26.6. The normalized spacial score (nSPS) is 19.6. The zero-order chi connectivity index (χ0) is 17.2. The molecule has 4 atom stereocenters. The lowest BCUT2D eigenvalue weighted by molar-refractivity contribution is -0.0366. The van der Waals surface area contributed by atoms with Gasteiger partial charge in [-0.15, -0.1) is 10.2 Å². The molecule has 0 N–H and O–H groups in total. The van der Waals surface area contributed by atoms with Crippen LogP contribution < -0.4 is 0 Å². The summed E-state index contributed by atoms with van der Waals surface area (Å²) in [6.07, 6.45) is -0.193. The van der Waals surface area contributed by atoms with Crippen LogP contribution in [0.3, 0.4) is 0 Å². The Hall–Kier alpha value is -1.58. The lowest BCUT2D eigenvalue weighted by Gasteiger charge is -2.26. The summed E-state index contributed by atoms with van der Waals surface area (Å²) >= 11 is 0. The van der Waals surface area contributed by atoms with Gasteiger partial charge in [0.1, 0.15) is 12.1 Å². The number of hydrogen-bond acceptors (Lipinski definition) is 8. The van der Waals surface area contributed by atoms with Crippen molar-refractivity contribution >= 4 is 0 Å². The summed E-state index contributed by atoms with van der Waals surface area (Å²) in [4.78, 5) is 0. The highest BCUT2D eigenvalue weighted by Crippen LogP contribution is 2.26. The number of azo groups is 1. The first-order chi connectivity index (χ1) is 10.4. The van der Waals surface area contributed by atoms with Gasteiger partial charge in [-0.1, -0.05) is 0 Å². The first-order valence-electron chi connectivity index (χ1n) is 6.79. The lowest BCUT2D eigenvalue weighted by Crippen LogP contribution is -2.35. The van der Waals surface area contributed by atoms with Gasteiger partial charge in [-0.2, -0.15) is 10.5 Å². The van der Waals surface area contributed by atoms with E-state index in [-0.39, 0.29) is 25.0 Å². The van der Waals surface area contributed by atoms with Crippen LogP contribution in [0.5, 0.6) is 0 Å². The molecule has 0 heterocycles. The average Bonchev–Trinajstić information content (AvgIpc) is 2.56. The van der Waals surface area contributed by atoms with Crippen molar-refractivity contribution in [1.29, 1.82) is 10.5 Å². The first kappa shape index (κ1) is 20.4. The van der Waals surface area contributed by atoms with Crippen LogP contribution in [0.1, 0.15) is 26.7 Å². The van der Waals surface area contributed by atoms with Gasteiger partial charge in [0.25, 0.3) is 11.4 Å². The second-order valence-corrected chi connectivity index (χ2v) is 4.90. The maximum Gasteiger partial charge on any atom is 0.268 e. The Bertz CT molecular complexity index is 405. The van der Waals surface area contributed by atoms with Gasteiger partial charge < -0.3 is 18.9 Å². The molecule has 8 heteroatoms. The highest BCUT2D eigenvalue weighted by atomic mass is 16.5. The largest absolute Gasteiger partial charge is 0.382 e. The third-order valence-corrected chi connectivity index (χ3v) is 3.33. The van der Waals surface area contributed by atoms with E-state index in [9.17, 15) is 10.5 Å². The lowest BCUT2D eigenvalue weighted by atomic mass is 10.1. The number of rotatable bonds is 10. The van der Waals surface area contributed by atoms with E-state index in [2.05, 4.69) is 10.2 Å². The number of nitriles is 2. The SMILES string of the molecule is COC(C)CC(C#N)(N=NC(C#N)(CC(C)OC)OC)OC. The van der Waals surface area contributed by atoms with Gasteiger partial charge >= 0.3 is 0 Å². The van der Waals surface area contributed by atoms with E-state index in [4.69, 9.17) is 18.9 Å². The fourth-order valence-corrected chi connectivity index (χ4v) is 1.66. The average molecular weight is 312 g/mol. The Morgan fingerprint density at radius 3 is 1.32 bits per heavy atom.